The molecule has 1 fully saturated rings. The summed E-state index contributed by atoms with van der Waals surface area (Å²) >= 11 is 1.43. The Kier molecular flexibility index (Phi) is 4.43. The molecule has 2 amide bonds. The van der Waals surface area contributed by atoms with E-state index in [2.05, 4.69) is 10.3 Å². The van der Waals surface area contributed by atoms with Crippen LogP contribution in [0.25, 0.3) is 0 Å². The highest BCUT2D eigenvalue weighted by Crippen LogP contribution is 2.24. The molecule has 120 valence electrons. The Hall–Kier alpha value is -2.21. The first-order valence-corrected chi connectivity index (χ1v) is 8.56. The summed E-state index contributed by atoms with van der Waals surface area (Å²) in [6, 6.07) is 5.51. The van der Waals surface area contributed by atoms with E-state index in [-0.39, 0.29) is 11.8 Å². The van der Waals surface area contributed by atoms with Gasteiger partial charge in [0.1, 0.15) is 5.69 Å². The average Bonchev–Trinajstić information content (AvgIpc) is 3.20. The van der Waals surface area contributed by atoms with E-state index in [4.69, 9.17) is 0 Å². The van der Waals surface area contributed by atoms with Crippen molar-refractivity contribution < 1.29 is 9.59 Å². The Morgan fingerprint density at radius 1 is 1.22 bits per heavy atom. The Bertz CT molecular complexity index is 748. The lowest BCUT2D eigenvalue weighted by atomic mass is 10.1. The van der Waals surface area contributed by atoms with Gasteiger partial charge in [-0.15, -0.1) is 11.3 Å². The summed E-state index contributed by atoms with van der Waals surface area (Å²) < 4.78 is 0. The monoisotopic (exact) mass is 329 g/mol. The molecule has 0 aliphatic carbocycles. The van der Waals surface area contributed by atoms with Gasteiger partial charge in [-0.25, -0.2) is 4.98 Å². The topological polar surface area (TPSA) is 62.3 Å². The van der Waals surface area contributed by atoms with Crippen LogP contribution in [0.4, 0.5) is 5.69 Å². The van der Waals surface area contributed by atoms with E-state index in [9.17, 15) is 9.59 Å². The molecule has 0 saturated carbocycles. The molecular formula is C17H19N3O2S. The summed E-state index contributed by atoms with van der Waals surface area (Å²) in [7, 11) is 0. The van der Waals surface area contributed by atoms with Crippen LogP contribution < -0.4 is 5.32 Å². The first-order chi connectivity index (χ1) is 11.1. The summed E-state index contributed by atoms with van der Waals surface area (Å²) in [5.41, 5.74) is 2.39. The number of amides is 2. The molecule has 1 aliphatic rings. The molecular weight excluding hydrogens is 310 g/mol. The second-order valence-corrected chi connectivity index (χ2v) is 6.76. The molecule has 23 heavy (non-hydrogen) atoms. The van der Waals surface area contributed by atoms with E-state index < -0.39 is 0 Å². The van der Waals surface area contributed by atoms with Gasteiger partial charge in [-0.1, -0.05) is 12.1 Å². The maximum Gasteiger partial charge on any atom is 0.275 e. The van der Waals surface area contributed by atoms with E-state index in [1.54, 1.807) is 11.4 Å². The van der Waals surface area contributed by atoms with Gasteiger partial charge in [0.15, 0.2) is 0 Å². The molecule has 1 saturated heterocycles. The minimum atomic E-state index is -0.279. The number of aromatic nitrogens is 1. The van der Waals surface area contributed by atoms with E-state index in [1.165, 1.54) is 11.3 Å². The number of hydrogen-bond donors (Lipinski definition) is 1. The fourth-order valence-corrected chi connectivity index (χ4v) is 3.34. The quantitative estimate of drug-likeness (QED) is 0.940. The van der Waals surface area contributed by atoms with Gasteiger partial charge < -0.3 is 10.2 Å². The predicted molar refractivity (Wildman–Crippen MR) is 91.1 cm³/mol. The number of para-hydroxylation sites is 1. The van der Waals surface area contributed by atoms with Crippen molar-refractivity contribution in [2.24, 2.45) is 0 Å². The van der Waals surface area contributed by atoms with Gasteiger partial charge in [-0.2, -0.15) is 0 Å². The number of carbonyl (C=O) groups is 2. The number of rotatable bonds is 3. The number of likely N-dealkylation sites (tertiary alicyclic amines) is 1. The number of nitrogens with zero attached hydrogens (tertiary/aromatic N) is 2. The van der Waals surface area contributed by atoms with Crippen LogP contribution in [-0.4, -0.2) is 34.8 Å². The fraction of sp³-hybridized carbons (Fsp3) is 0.353. The van der Waals surface area contributed by atoms with E-state index in [0.29, 0.717) is 16.9 Å². The average molecular weight is 329 g/mol. The third kappa shape index (κ3) is 3.27. The Morgan fingerprint density at radius 3 is 2.61 bits per heavy atom. The number of aryl methyl sites for hydroxylation is 2. The molecule has 2 aromatic rings. The fourth-order valence-electron chi connectivity index (χ4n) is 2.75. The molecule has 1 aliphatic heterocycles. The van der Waals surface area contributed by atoms with Crippen molar-refractivity contribution in [2.45, 2.75) is 26.7 Å². The highest BCUT2D eigenvalue weighted by molar-refractivity contribution is 7.09. The lowest BCUT2D eigenvalue weighted by Gasteiger charge is -2.19. The smallest absolute Gasteiger partial charge is 0.275 e. The van der Waals surface area contributed by atoms with Gasteiger partial charge in [-0.05, 0) is 38.3 Å². The van der Waals surface area contributed by atoms with Crippen molar-refractivity contribution in [3.63, 3.8) is 0 Å². The third-order valence-electron chi connectivity index (χ3n) is 3.99. The van der Waals surface area contributed by atoms with Crippen LogP contribution in [0.15, 0.2) is 23.6 Å². The second-order valence-electron chi connectivity index (χ2n) is 5.70. The maximum atomic E-state index is 12.7. The van der Waals surface area contributed by atoms with Crippen LogP contribution in [0.3, 0.4) is 0 Å². The number of benzene rings is 1. The molecule has 1 N–H and O–H groups in total. The molecule has 0 radical (unpaired) electrons. The minimum Gasteiger partial charge on any atom is -0.339 e. The van der Waals surface area contributed by atoms with Crippen LogP contribution in [0.2, 0.25) is 0 Å². The van der Waals surface area contributed by atoms with Gasteiger partial charge in [0.2, 0.25) is 0 Å². The zero-order valence-corrected chi connectivity index (χ0v) is 14.1. The summed E-state index contributed by atoms with van der Waals surface area (Å²) in [6.07, 6.45) is 2.08. The molecule has 1 aromatic heterocycles. The molecule has 0 spiro atoms. The SMILES string of the molecule is Cc1nc(C(=O)Nc2c(C)cccc2C(=O)N2CCCC2)cs1. The number of thiazole rings is 1. The zero-order valence-electron chi connectivity index (χ0n) is 13.3. The second kappa shape index (κ2) is 6.50. The van der Waals surface area contributed by atoms with Crippen molar-refractivity contribution in [1.82, 2.24) is 9.88 Å². The van der Waals surface area contributed by atoms with Crippen LogP contribution >= 0.6 is 11.3 Å². The van der Waals surface area contributed by atoms with Gasteiger partial charge in [0.05, 0.1) is 16.3 Å². The van der Waals surface area contributed by atoms with E-state index in [1.807, 2.05) is 30.9 Å². The van der Waals surface area contributed by atoms with Crippen molar-refractivity contribution in [3.8, 4) is 0 Å². The highest BCUT2D eigenvalue weighted by Gasteiger charge is 2.23. The third-order valence-corrected chi connectivity index (χ3v) is 4.76. The molecule has 0 bridgehead atoms. The molecule has 3 rings (SSSR count). The summed E-state index contributed by atoms with van der Waals surface area (Å²) in [5, 5.41) is 5.44. The molecule has 2 heterocycles. The van der Waals surface area contributed by atoms with Crippen molar-refractivity contribution in [2.75, 3.05) is 18.4 Å². The lowest BCUT2D eigenvalue weighted by Crippen LogP contribution is -2.29. The summed E-state index contributed by atoms with van der Waals surface area (Å²) in [4.78, 5) is 31.1. The summed E-state index contributed by atoms with van der Waals surface area (Å²) in [5.74, 6) is -0.296. The first kappa shape index (κ1) is 15.7. The predicted octanol–water partition coefficient (Wildman–Crippen LogP) is 3.25. The van der Waals surface area contributed by atoms with Gasteiger partial charge in [0, 0.05) is 18.5 Å². The van der Waals surface area contributed by atoms with Gasteiger partial charge >= 0.3 is 0 Å². The largest absolute Gasteiger partial charge is 0.339 e. The Morgan fingerprint density at radius 2 is 1.96 bits per heavy atom. The minimum absolute atomic E-state index is 0.0176. The molecule has 6 heteroatoms. The van der Waals surface area contributed by atoms with Crippen molar-refractivity contribution >= 4 is 28.8 Å². The standard InChI is InChI=1S/C17H19N3O2S/c1-11-6-5-7-13(17(22)20-8-3-4-9-20)15(11)19-16(21)14-10-23-12(2)18-14/h5-7,10H,3-4,8-9H2,1-2H3,(H,19,21). The lowest BCUT2D eigenvalue weighted by molar-refractivity contribution is 0.0794. The number of hydrogen-bond acceptors (Lipinski definition) is 4. The Labute approximate surface area is 139 Å². The first-order valence-electron chi connectivity index (χ1n) is 7.68. The highest BCUT2D eigenvalue weighted by atomic mass is 32.1. The molecule has 0 atom stereocenters. The molecule has 0 unspecified atom stereocenters. The zero-order chi connectivity index (χ0) is 16.4. The Balaban J connectivity index is 1.89. The van der Waals surface area contributed by atoms with Crippen LogP contribution in [-0.2, 0) is 0 Å². The van der Waals surface area contributed by atoms with Crippen molar-refractivity contribution in [3.05, 3.63) is 45.4 Å². The normalized spacial score (nSPS) is 14.1. The van der Waals surface area contributed by atoms with Gasteiger partial charge in [0.25, 0.3) is 11.8 Å². The molecule has 5 nitrogen and oxygen atoms in total. The van der Waals surface area contributed by atoms with Crippen LogP contribution in [0, 0.1) is 13.8 Å². The number of nitrogens with one attached hydrogen (secondary N) is 1. The van der Waals surface area contributed by atoms with Crippen molar-refractivity contribution in [1.29, 1.82) is 0 Å². The van der Waals surface area contributed by atoms with Gasteiger partial charge in [-0.3, -0.25) is 9.59 Å². The van der Waals surface area contributed by atoms with E-state index >= 15 is 0 Å². The molecule has 1 aromatic carbocycles. The summed E-state index contributed by atoms with van der Waals surface area (Å²) in [6.45, 7) is 5.32. The maximum absolute atomic E-state index is 12.7. The number of anilines is 1. The van der Waals surface area contributed by atoms with Crippen LogP contribution in [0.5, 0.6) is 0 Å². The van der Waals surface area contributed by atoms with Crippen LogP contribution in [0.1, 0.15) is 44.3 Å². The number of carbonyl (C=O) groups excluding carboxylic acids is 2. The van der Waals surface area contributed by atoms with E-state index in [0.717, 1.165) is 36.5 Å².